The van der Waals surface area contributed by atoms with E-state index < -0.39 is 0 Å². The smallest absolute Gasteiger partial charge is 0.0184 e. The van der Waals surface area contributed by atoms with E-state index in [4.69, 9.17) is 0 Å². The topological polar surface area (TPSA) is 3.24 Å². The predicted molar refractivity (Wildman–Crippen MR) is 52.1 cm³/mol. The highest BCUT2D eigenvalue weighted by Crippen LogP contribution is 2.46. The molecule has 2 atom stereocenters. The lowest BCUT2D eigenvalue weighted by Gasteiger charge is -2.38. The molecule has 1 heteroatoms. The van der Waals surface area contributed by atoms with Crippen LogP contribution >= 0.6 is 0 Å². The van der Waals surface area contributed by atoms with Crippen LogP contribution in [-0.2, 0) is 0 Å². The molecule has 0 aromatic heterocycles. The van der Waals surface area contributed by atoms with Crippen molar-refractivity contribution in [2.75, 3.05) is 13.6 Å². The van der Waals surface area contributed by atoms with Gasteiger partial charge in [-0.25, -0.2) is 0 Å². The fourth-order valence-electron chi connectivity index (χ4n) is 3.08. The summed E-state index contributed by atoms with van der Waals surface area (Å²) < 4.78 is 0. The molecule has 2 fully saturated rings. The van der Waals surface area contributed by atoms with Crippen molar-refractivity contribution in [1.82, 2.24) is 4.90 Å². The lowest BCUT2D eigenvalue weighted by atomic mass is 9.71. The predicted octanol–water partition coefficient (Wildman–Crippen LogP) is 2.44. The summed E-state index contributed by atoms with van der Waals surface area (Å²) in [5.41, 5.74) is 0.493. The second-order valence-corrected chi connectivity index (χ2v) is 4.43. The molecule has 1 saturated carbocycles. The van der Waals surface area contributed by atoms with Crippen LogP contribution < -0.4 is 0 Å². The Morgan fingerprint density at radius 2 is 2.25 bits per heavy atom. The first-order chi connectivity index (χ1) is 5.78. The fourth-order valence-corrected chi connectivity index (χ4v) is 3.08. The fraction of sp³-hybridized carbons (Fsp3) is 0.818. The number of fused-ring (bicyclic) bond motifs is 1. The summed E-state index contributed by atoms with van der Waals surface area (Å²) in [7, 11) is 2.27. The standard InChI is InChI=1S/C11H19N/c1-3-11-7-5-4-6-10(11)12(2)9-8-11/h3,10H,1,4-9H2,2H3/t10-,11-/m0/s1. The van der Waals surface area contributed by atoms with E-state index in [9.17, 15) is 0 Å². The van der Waals surface area contributed by atoms with Gasteiger partial charge in [0.25, 0.3) is 0 Å². The maximum atomic E-state index is 4.03. The quantitative estimate of drug-likeness (QED) is 0.539. The molecule has 1 nitrogen and oxygen atoms in total. The van der Waals surface area contributed by atoms with Gasteiger partial charge in [0.2, 0.25) is 0 Å². The Labute approximate surface area is 75.4 Å². The molecule has 68 valence electrons. The Morgan fingerprint density at radius 1 is 1.42 bits per heavy atom. The molecule has 0 unspecified atom stereocenters. The van der Waals surface area contributed by atoms with Crippen molar-refractivity contribution in [3.05, 3.63) is 12.7 Å². The maximum Gasteiger partial charge on any atom is 0.0184 e. The second-order valence-electron chi connectivity index (χ2n) is 4.43. The molecular formula is C11H19N. The molecule has 0 bridgehead atoms. The summed E-state index contributed by atoms with van der Waals surface area (Å²) in [6, 6.07) is 0.809. The van der Waals surface area contributed by atoms with E-state index in [1.807, 2.05) is 0 Å². The zero-order valence-corrected chi connectivity index (χ0v) is 8.05. The number of hydrogen-bond acceptors (Lipinski definition) is 1. The lowest BCUT2D eigenvalue weighted by Crippen LogP contribution is -2.38. The Balaban J connectivity index is 2.21. The van der Waals surface area contributed by atoms with Gasteiger partial charge in [0, 0.05) is 11.5 Å². The average molecular weight is 165 g/mol. The number of likely N-dealkylation sites (tertiary alicyclic amines) is 1. The molecule has 1 aliphatic carbocycles. The normalized spacial score (nSPS) is 42.6. The first-order valence-corrected chi connectivity index (χ1v) is 5.12. The monoisotopic (exact) mass is 165 g/mol. The van der Waals surface area contributed by atoms with Gasteiger partial charge < -0.3 is 4.90 Å². The van der Waals surface area contributed by atoms with Crippen LogP contribution in [0.3, 0.4) is 0 Å². The molecule has 12 heavy (non-hydrogen) atoms. The molecule has 1 aliphatic heterocycles. The van der Waals surface area contributed by atoms with Gasteiger partial charge in [-0.1, -0.05) is 18.9 Å². The Morgan fingerprint density at radius 3 is 2.92 bits per heavy atom. The van der Waals surface area contributed by atoms with Crippen LogP contribution in [0, 0.1) is 5.41 Å². The average Bonchev–Trinajstić information content (AvgIpc) is 2.46. The van der Waals surface area contributed by atoms with Gasteiger partial charge in [-0.2, -0.15) is 0 Å². The summed E-state index contributed by atoms with van der Waals surface area (Å²) in [6.07, 6.45) is 9.19. The summed E-state index contributed by atoms with van der Waals surface area (Å²) in [4.78, 5) is 2.53. The highest BCUT2D eigenvalue weighted by atomic mass is 15.2. The van der Waals surface area contributed by atoms with Gasteiger partial charge in [0.05, 0.1) is 0 Å². The zero-order chi connectivity index (χ0) is 8.60. The third kappa shape index (κ3) is 1.03. The molecule has 2 aliphatic rings. The van der Waals surface area contributed by atoms with Gasteiger partial charge in [0.1, 0.15) is 0 Å². The van der Waals surface area contributed by atoms with Crippen molar-refractivity contribution >= 4 is 0 Å². The molecule has 0 aromatic rings. The SMILES string of the molecule is C=C[C@@]12CCCC[C@@H]1N(C)CC2. The number of nitrogens with zero attached hydrogens (tertiary/aromatic N) is 1. The first kappa shape index (κ1) is 8.31. The van der Waals surface area contributed by atoms with Crippen LogP contribution in [0.25, 0.3) is 0 Å². The Hall–Kier alpha value is -0.300. The minimum absolute atomic E-state index is 0.493. The van der Waals surface area contributed by atoms with Gasteiger partial charge in [-0.05, 0) is 32.9 Å². The van der Waals surface area contributed by atoms with E-state index >= 15 is 0 Å². The first-order valence-electron chi connectivity index (χ1n) is 5.12. The van der Waals surface area contributed by atoms with Crippen LogP contribution in [0.4, 0.5) is 0 Å². The molecule has 0 aromatic carbocycles. The summed E-state index contributed by atoms with van der Waals surface area (Å²) in [6.45, 7) is 5.30. The molecular weight excluding hydrogens is 146 g/mol. The van der Waals surface area contributed by atoms with E-state index in [1.54, 1.807) is 0 Å². The Bertz CT molecular complexity index is 183. The van der Waals surface area contributed by atoms with Crippen LogP contribution in [0.2, 0.25) is 0 Å². The summed E-state index contributed by atoms with van der Waals surface area (Å²) in [5, 5.41) is 0. The van der Waals surface area contributed by atoms with Gasteiger partial charge in [-0.15, -0.1) is 6.58 Å². The summed E-state index contributed by atoms with van der Waals surface area (Å²) in [5.74, 6) is 0. The van der Waals surface area contributed by atoms with Crippen molar-refractivity contribution in [3.63, 3.8) is 0 Å². The lowest BCUT2D eigenvalue weighted by molar-refractivity contribution is 0.160. The summed E-state index contributed by atoms with van der Waals surface area (Å²) >= 11 is 0. The van der Waals surface area contributed by atoms with Crippen LogP contribution in [0.1, 0.15) is 32.1 Å². The maximum absolute atomic E-state index is 4.03. The second kappa shape index (κ2) is 2.88. The molecule has 0 spiro atoms. The van der Waals surface area contributed by atoms with E-state index in [1.165, 1.54) is 38.6 Å². The van der Waals surface area contributed by atoms with Crippen molar-refractivity contribution in [2.45, 2.75) is 38.1 Å². The third-order valence-electron chi connectivity index (χ3n) is 3.90. The third-order valence-corrected chi connectivity index (χ3v) is 3.90. The largest absolute Gasteiger partial charge is 0.303 e. The Kier molecular flexibility index (Phi) is 1.99. The van der Waals surface area contributed by atoms with Crippen LogP contribution in [-0.4, -0.2) is 24.5 Å². The van der Waals surface area contributed by atoms with E-state index in [0.717, 1.165) is 6.04 Å². The van der Waals surface area contributed by atoms with E-state index in [2.05, 4.69) is 24.6 Å². The molecule has 2 rings (SSSR count). The molecule has 1 saturated heterocycles. The zero-order valence-electron chi connectivity index (χ0n) is 8.05. The molecule has 0 amide bonds. The van der Waals surface area contributed by atoms with Crippen LogP contribution in [0.5, 0.6) is 0 Å². The molecule has 0 radical (unpaired) electrons. The number of rotatable bonds is 1. The minimum atomic E-state index is 0.493. The minimum Gasteiger partial charge on any atom is -0.303 e. The van der Waals surface area contributed by atoms with Crippen LogP contribution in [0.15, 0.2) is 12.7 Å². The number of hydrogen-bond donors (Lipinski definition) is 0. The van der Waals surface area contributed by atoms with Crippen molar-refractivity contribution in [1.29, 1.82) is 0 Å². The van der Waals surface area contributed by atoms with Gasteiger partial charge >= 0.3 is 0 Å². The highest BCUT2D eigenvalue weighted by Gasteiger charge is 2.44. The van der Waals surface area contributed by atoms with Crippen molar-refractivity contribution in [3.8, 4) is 0 Å². The van der Waals surface area contributed by atoms with Crippen molar-refractivity contribution in [2.24, 2.45) is 5.41 Å². The van der Waals surface area contributed by atoms with Gasteiger partial charge in [-0.3, -0.25) is 0 Å². The molecule has 0 N–H and O–H groups in total. The van der Waals surface area contributed by atoms with E-state index in [-0.39, 0.29) is 0 Å². The van der Waals surface area contributed by atoms with Gasteiger partial charge in [0.15, 0.2) is 0 Å². The van der Waals surface area contributed by atoms with Crippen molar-refractivity contribution < 1.29 is 0 Å². The van der Waals surface area contributed by atoms with E-state index in [0.29, 0.717) is 5.41 Å². The molecule has 1 heterocycles. The highest BCUT2D eigenvalue weighted by molar-refractivity contribution is 5.09.